The summed E-state index contributed by atoms with van der Waals surface area (Å²) in [7, 11) is 0. The minimum Gasteiger partial charge on any atom is -0.460 e. The van der Waals surface area contributed by atoms with Crippen LogP contribution in [0.3, 0.4) is 0 Å². The molecular formula is C7H6F4O3. The van der Waals surface area contributed by atoms with Crippen LogP contribution in [0.4, 0.5) is 17.6 Å². The van der Waals surface area contributed by atoms with Gasteiger partial charge in [0.2, 0.25) is 0 Å². The summed E-state index contributed by atoms with van der Waals surface area (Å²) in [5.74, 6) is -5.27. The maximum absolute atomic E-state index is 12.4. The van der Waals surface area contributed by atoms with Crippen LogP contribution in [0.1, 0.15) is 0 Å². The molecule has 1 unspecified atom stereocenters. The Morgan fingerprint density at radius 3 is 2.43 bits per heavy atom. The average molecular weight is 214 g/mol. The number of rotatable bonds is 3. The number of halogens is 4. The number of ether oxygens (including phenoxy) is 2. The first-order chi connectivity index (χ1) is 6.31. The molecule has 0 saturated carbocycles. The second-order valence-electron chi connectivity index (χ2n) is 2.58. The number of hydrogen-bond donors (Lipinski definition) is 0. The molecule has 7 heteroatoms. The van der Waals surface area contributed by atoms with E-state index in [0.717, 1.165) is 6.08 Å². The summed E-state index contributed by atoms with van der Waals surface area (Å²) in [6, 6.07) is 0. The van der Waals surface area contributed by atoms with Crippen LogP contribution >= 0.6 is 0 Å². The third kappa shape index (κ3) is 1.59. The highest BCUT2D eigenvalue weighted by Gasteiger charge is 2.74. The predicted octanol–water partition coefficient (Wildman–Crippen LogP) is 1.34. The molecule has 1 aliphatic rings. The Bertz CT molecular complexity index is 264. The van der Waals surface area contributed by atoms with Crippen LogP contribution in [0.5, 0.6) is 0 Å². The van der Waals surface area contributed by atoms with Crippen LogP contribution in [-0.2, 0) is 14.3 Å². The van der Waals surface area contributed by atoms with E-state index in [2.05, 4.69) is 16.1 Å². The van der Waals surface area contributed by atoms with Crippen molar-refractivity contribution in [2.75, 3.05) is 6.61 Å². The molecule has 14 heavy (non-hydrogen) atoms. The van der Waals surface area contributed by atoms with Crippen molar-refractivity contribution in [2.45, 2.75) is 18.1 Å². The van der Waals surface area contributed by atoms with E-state index in [9.17, 15) is 22.4 Å². The van der Waals surface area contributed by atoms with Gasteiger partial charge in [0.15, 0.2) is 6.10 Å². The molecule has 1 rings (SSSR count). The molecule has 1 heterocycles. The zero-order chi connectivity index (χ0) is 11.0. The van der Waals surface area contributed by atoms with Gasteiger partial charge in [-0.2, -0.15) is 17.6 Å². The Morgan fingerprint density at radius 2 is 2.07 bits per heavy atom. The van der Waals surface area contributed by atoms with Crippen molar-refractivity contribution in [3.8, 4) is 0 Å². The van der Waals surface area contributed by atoms with Crippen LogP contribution in [0.15, 0.2) is 12.7 Å². The normalized spacial score (nSPS) is 27.6. The Morgan fingerprint density at radius 1 is 1.50 bits per heavy atom. The standard InChI is InChI=1S/C7H6F4O3/c1-2-5(12)13-3-4-6(8,9)7(10,11)14-4/h2,4H,1,3H2. The first-order valence-corrected chi connectivity index (χ1v) is 3.54. The number of hydrogen-bond acceptors (Lipinski definition) is 3. The van der Waals surface area contributed by atoms with E-state index in [-0.39, 0.29) is 0 Å². The number of carbonyl (C=O) groups is 1. The molecule has 0 amide bonds. The second kappa shape index (κ2) is 3.23. The van der Waals surface area contributed by atoms with Gasteiger partial charge in [0.05, 0.1) is 0 Å². The number of carbonyl (C=O) groups excluding carboxylic acids is 1. The maximum Gasteiger partial charge on any atom is 0.422 e. The molecule has 0 aromatic carbocycles. The summed E-state index contributed by atoms with van der Waals surface area (Å²) in [4.78, 5) is 10.4. The highest BCUT2D eigenvalue weighted by molar-refractivity contribution is 5.81. The first kappa shape index (κ1) is 11.0. The lowest BCUT2D eigenvalue weighted by molar-refractivity contribution is -0.479. The Hall–Kier alpha value is -1.11. The molecule has 0 aromatic heterocycles. The molecule has 1 saturated heterocycles. The number of esters is 1. The second-order valence-corrected chi connectivity index (χ2v) is 2.58. The van der Waals surface area contributed by atoms with Crippen molar-refractivity contribution < 1.29 is 31.8 Å². The lowest BCUT2D eigenvalue weighted by Gasteiger charge is -2.42. The van der Waals surface area contributed by atoms with Gasteiger partial charge >= 0.3 is 18.0 Å². The topological polar surface area (TPSA) is 35.5 Å². The van der Waals surface area contributed by atoms with Crippen molar-refractivity contribution in [3.63, 3.8) is 0 Å². The quantitative estimate of drug-likeness (QED) is 0.404. The maximum atomic E-state index is 12.4. The summed E-state index contributed by atoms with van der Waals surface area (Å²) in [5.41, 5.74) is 0. The van der Waals surface area contributed by atoms with E-state index in [1.54, 1.807) is 0 Å². The fourth-order valence-corrected chi connectivity index (χ4v) is 0.816. The van der Waals surface area contributed by atoms with Crippen LogP contribution in [0.2, 0.25) is 0 Å². The molecule has 0 radical (unpaired) electrons. The van der Waals surface area contributed by atoms with E-state index < -0.39 is 30.7 Å². The molecule has 80 valence electrons. The Kier molecular flexibility index (Phi) is 2.53. The molecule has 0 aliphatic carbocycles. The van der Waals surface area contributed by atoms with Gasteiger partial charge in [0.1, 0.15) is 6.61 Å². The van der Waals surface area contributed by atoms with E-state index in [0.29, 0.717) is 0 Å². The lowest BCUT2D eigenvalue weighted by Crippen LogP contribution is -2.66. The van der Waals surface area contributed by atoms with E-state index in [1.807, 2.05) is 0 Å². The van der Waals surface area contributed by atoms with Crippen LogP contribution < -0.4 is 0 Å². The molecule has 0 spiro atoms. The highest BCUT2D eigenvalue weighted by Crippen LogP contribution is 2.49. The summed E-state index contributed by atoms with van der Waals surface area (Å²) < 4.78 is 56.6. The minimum absolute atomic E-state index is 0.731. The molecule has 3 nitrogen and oxygen atoms in total. The third-order valence-electron chi connectivity index (χ3n) is 1.63. The zero-order valence-corrected chi connectivity index (χ0v) is 6.81. The molecule has 0 bridgehead atoms. The average Bonchev–Trinajstić information content (AvgIpc) is 2.11. The SMILES string of the molecule is C=CC(=O)OCC1OC(F)(F)C1(F)F. The zero-order valence-electron chi connectivity index (χ0n) is 6.81. The van der Waals surface area contributed by atoms with Gasteiger partial charge in [0.25, 0.3) is 0 Å². The van der Waals surface area contributed by atoms with Crippen molar-refractivity contribution in [1.82, 2.24) is 0 Å². The van der Waals surface area contributed by atoms with E-state index in [4.69, 9.17) is 0 Å². The summed E-state index contributed by atoms with van der Waals surface area (Å²) in [5, 5.41) is 0. The van der Waals surface area contributed by atoms with E-state index >= 15 is 0 Å². The molecule has 0 aromatic rings. The fraction of sp³-hybridized carbons (Fsp3) is 0.571. The summed E-state index contributed by atoms with van der Waals surface area (Å²) in [6.07, 6.45) is -5.84. The van der Waals surface area contributed by atoms with E-state index in [1.165, 1.54) is 0 Å². The third-order valence-corrected chi connectivity index (χ3v) is 1.63. The predicted molar refractivity (Wildman–Crippen MR) is 35.9 cm³/mol. The van der Waals surface area contributed by atoms with Gasteiger partial charge < -0.3 is 9.47 Å². The Balaban J connectivity index is 2.44. The molecule has 1 fully saturated rings. The molecular weight excluding hydrogens is 208 g/mol. The van der Waals surface area contributed by atoms with Crippen LogP contribution in [0.25, 0.3) is 0 Å². The molecule has 1 atom stereocenters. The van der Waals surface area contributed by atoms with Gasteiger partial charge in [-0.1, -0.05) is 6.58 Å². The van der Waals surface area contributed by atoms with Gasteiger partial charge in [-0.25, -0.2) is 4.79 Å². The van der Waals surface area contributed by atoms with Gasteiger partial charge in [-0.05, 0) is 0 Å². The molecule has 1 aliphatic heterocycles. The Labute approximate surface area is 76.3 Å². The smallest absolute Gasteiger partial charge is 0.422 e. The minimum atomic E-state index is -4.47. The van der Waals surface area contributed by atoms with Crippen LogP contribution in [-0.4, -0.2) is 30.7 Å². The summed E-state index contributed by atoms with van der Waals surface area (Å²) in [6.45, 7) is 2.07. The first-order valence-electron chi connectivity index (χ1n) is 3.54. The van der Waals surface area contributed by atoms with Crippen molar-refractivity contribution in [3.05, 3.63) is 12.7 Å². The lowest BCUT2D eigenvalue weighted by atomic mass is 10.1. The van der Waals surface area contributed by atoms with Gasteiger partial charge in [0, 0.05) is 6.08 Å². The monoisotopic (exact) mass is 214 g/mol. The fourth-order valence-electron chi connectivity index (χ4n) is 0.816. The van der Waals surface area contributed by atoms with Crippen molar-refractivity contribution >= 4 is 5.97 Å². The van der Waals surface area contributed by atoms with Crippen molar-refractivity contribution in [2.24, 2.45) is 0 Å². The largest absolute Gasteiger partial charge is 0.460 e. The highest BCUT2D eigenvalue weighted by atomic mass is 19.3. The van der Waals surface area contributed by atoms with Gasteiger partial charge in [-0.15, -0.1) is 0 Å². The molecule has 0 N–H and O–H groups in total. The van der Waals surface area contributed by atoms with Crippen molar-refractivity contribution in [1.29, 1.82) is 0 Å². The van der Waals surface area contributed by atoms with Gasteiger partial charge in [-0.3, -0.25) is 0 Å². The summed E-state index contributed by atoms with van der Waals surface area (Å²) >= 11 is 0. The number of alkyl halides is 4. The van der Waals surface area contributed by atoms with Crippen LogP contribution in [0, 0.1) is 0 Å².